The van der Waals surface area contributed by atoms with E-state index in [0.29, 0.717) is 5.56 Å². The van der Waals surface area contributed by atoms with Gasteiger partial charge in [-0.1, -0.05) is 41.9 Å². The van der Waals surface area contributed by atoms with Crippen LogP contribution in [-0.2, 0) is 0 Å². The maximum absolute atomic E-state index is 13.4. The van der Waals surface area contributed by atoms with Gasteiger partial charge in [0.15, 0.2) is 5.65 Å². The molecule has 0 saturated heterocycles. The first kappa shape index (κ1) is 17.8. The van der Waals surface area contributed by atoms with E-state index in [4.69, 9.17) is 17.3 Å². The first-order valence-corrected chi connectivity index (χ1v) is 9.14. The molecule has 0 atom stereocenters. The molecule has 0 fully saturated rings. The fourth-order valence-corrected chi connectivity index (χ4v) is 3.97. The third-order valence-electron chi connectivity index (χ3n) is 5.04. The summed E-state index contributed by atoms with van der Waals surface area (Å²) in [6, 6.07) is 14.7. The minimum absolute atomic E-state index is 0.0614. The molecule has 0 spiro atoms. The third kappa shape index (κ3) is 2.15. The van der Waals surface area contributed by atoms with Crippen molar-refractivity contribution < 1.29 is 0 Å². The van der Waals surface area contributed by atoms with Crippen LogP contribution in [0.4, 0.5) is 5.82 Å². The van der Waals surface area contributed by atoms with Gasteiger partial charge in [0.2, 0.25) is 0 Å². The van der Waals surface area contributed by atoms with Crippen molar-refractivity contribution in [1.29, 1.82) is 5.26 Å². The zero-order valence-electron chi connectivity index (χ0n) is 15.1. The number of fused-ring (bicyclic) bond motifs is 4. The highest BCUT2D eigenvalue weighted by atomic mass is 35.5. The molecule has 3 heterocycles. The number of nitrogens with zero attached hydrogens (tertiary/aromatic N) is 4. The van der Waals surface area contributed by atoms with Gasteiger partial charge in [-0.15, -0.1) is 0 Å². The van der Waals surface area contributed by atoms with Crippen LogP contribution >= 0.6 is 11.6 Å². The van der Waals surface area contributed by atoms with Gasteiger partial charge in [0, 0.05) is 16.1 Å². The van der Waals surface area contributed by atoms with Crippen LogP contribution in [-0.4, -0.2) is 14.0 Å². The Balaban J connectivity index is 2.18. The van der Waals surface area contributed by atoms with Crippen LogP contribution in [0.25, 0.3) is 32.9 Å². The van der Waals surface area contributed by atoms with E-state index in [1.54, 1.807) is 36.4 Å². The molecule has 144 valence electrons. The number of benzene rings is 2. The van der Waals surface area contributed by atoms with E-state index >= 15 is 0 Å². The lowest BCUT2D eigenvalue weighted by Crippen LogP contribution is -2.33. The average Bonchev–Trinajstić information content (AvgIpc) is 3.04. The summed E-state index contributed by atoms with van der Waals surface area (Å²) >= 11 is 6.33. The summed E-state index contributed by atoms with van der Waals surface area (Å²) in [6.45, 7) is 0. The second-order valence-corrected chi connectivity index (χ2v) is 7.03. The molecular weight excluding hydrogens is 406 g/mol. The van der Waals surface area contributed by atoms with Crippen LogP contribution in [0.5, 0.6) is 0 Å². The summed E-state index contributed by atoms with van der Waals surface area (Å²) in [5, 5.41) is 10.1. The molecular formula is C21H10ClN5O3. The van der Waals surface area contributed by atoms with Gasteiger partial charge in [-0.3, -0.25) is 14.4 Å². The van der Waals surface area contributed by atoms with Crippen LogP contribution in [0, 0.1) is 11.3 Å². The van der Waals surface area contributed by atoms with E-state index in [9.17, 15) is 19.6 Å². The Morgan fingerprint density at radius 2 is 1.50 bits per heavy atom. The minimum Gasteiger partial charge on any atom is -0.383 e. The van der Waals surface area contributed by atoms with Crippen molar-refractivity contribution in [1.82, 2.24) is 14.0 Å². The summed E-state index contributed by atoms with van der Waals surface area (Å²) in [5.41, 5.74) is 4.28. The van der Waals surface area contributed by atoms with Crippen molar-refractivity contribution >= 4 is 39.2 Å². The lowest BCUT2D eigenvalue weighted by atomic mass is 9.98. The van der Waals surface area contributed by atoms with Gasteiger partial charge in [0.1, 0.15) is 17.5 Å². The van der Waals surface area contributed by atoms with Crippen molar-refractivity contribution in [2.45, 2.75) is 0 Å². The first-order valence-electron chi connectivity index (χ1n) is 8.76. The van der Waals surface area contributed by atoms with Gasteiger partial charge < -0.3 is 5.73 Å². The van der Waals surface area contributed by atoms with Crippen molar-refractivity contribution in [3.63, 3.8) is 0 Å². The lowest BCUT2D eigenvalue weighted by molar-refractivity contribution is 0.766. The standard InChI is InChI=1S/C21H10ClN5O3/c22-14-8-4-3-7-12(14)15-13(9-23)17(24)25-18-16(15)21(30)27-20(29)11-6-2-1-5-10(11)19(28)26(18)27/h1-8H,(H2,24,25). The smallest absolute Gasteiger partial charge is 0.284 e. The van der Waals surface area contributed by atoms with Gasteiger partial charge >= 0.3 is 0 Å². The Kier molecular flexibility index (Phi) is 3.65. The number of hydrogen-bond acceptors (Lipinski definition) is 6. The molecule has 0 aliphatic rings. The summed E-state index contributed by atoms with van der Waals surface area (Å²) in [5.74, 6) is -0.181. The van der Waals surface area contributed by atoms with Crippen LogP contribution in [0.2, 0.25) is 5.02 Å². The van der Waals surface area contributed by atoms with E-state index in [2.05, 4.69) is 4.98 Å². The Labute approximate surface area is 171 Å². The maximum Gasteiger partial charge on any atom is 0.284 e. The Hall–Kier alpha value is -4.22. The first-order chi connectivity index (χ1) is 14.5. The summed E-state index contributed by atoms with van der Waals surface area (Å²) < 4.78 is 1.63. The van der Waals surface area contributed by atoms with Gasteiger partial charge in [0.25, 0.3) is 16.7 Å². The maximum atomic E-state index is 13.4. The fourth-order valence-electron chi connectivity index (χ4n) is 3.74. The molecule has 9 heteroatoms. The zero-order chi connectivity index (χ0) is 21.2. The van der Waals surface area contributed by atoms with E-state index in [1.807, 2.05) is 6.07 Å². The number of anilines is 1. The number of rotatable bonds is 1. The molecule has 0 unspecified atom stereocenters. The zero-order valence-corrected chi connectivity index (χ0v) is 15.8. The molecule has 3 aromatic heterocycles. The summed E-state index contributed by atoms with van der Waals surface area (Å²) in [6.07, 6.45) is 0. The number of nitrogens with two attached hydrogens (primary N) is 1. The summed E-state index contributed by atoms with van der Waals surface area (Å²) in [4.78, 5) is 43.7. The van der Waals surface area contributed by atoms with Crippen molar-refractivity contribution in [3.05, 3.63) is 90.2 Å². The molecule has 0 bridgehead atoms. The lowest BCUT2D eigenvalue weighted by Gasteiger charge is -2.09. The van der Waals surface area contributed by atoms with Gasteiger partial charge in [0.05, 0.1) is 16.2 Å². The number of nitriles is 1. The van der Waals surface area contributed by atoms with Crippen molar-refractivity contribution in [3.8, 4) is 17.2 Å². The number of nitrogen functional groups attached to an aromatic ring is 1. The van der Waals surface area contributed by atoms with E-state index in [1.165, 1.54) is 12.1 Å². The fraction of sp³-hybridized carbons (Fsp3) is 0. The molecule has 5 aromatic rings. The normalized spacial score (nSPS) is 11.3. The van der Waals surface area contributed by atoms with E-state index in [-0.39, 0.29) is 43.8 Å². The largest absolute Gasteiger partial charge is 0.383 e. The van der Waals surface area contributed by atoms with Gasteiger partial charge in [-0.2, -0.15) is 14.3 Å². The average molecular weight is 416 g/mol. The Morgan fingerprint density at radius 1 is 0.900 bits per heavy atom. The molecule has 0 saturated carbocycles. The molecule has 0 amide bonds. The number of halogens is 1. The number of hydrogen-bond donors (Lipinski definition) is 1. The van der Waals surface area contributed by atoms with Crippen LogP contribution in [0.3, 0.4) is 0 Å². The highest BCUT2D eigenvalue weighted by molar-refractivity contribution is 6.33. The number of aromatic nitrogens is 3. The van der Waals surface area contributed by atoms with Gasteiger partial charge in [-0.25, -0.2) is 4.98 Å². The van der Waals surface area contributed by atoms with Crippen LogP contribution < -0.4 is 22.4 Å². The topological polar surface area (TPSA) is 123 Å². The monoisotopic (exact) mass is 415 g/mol. The predicted octanol–water partition coefficient (Wildman–Crippen LogP) is 2.03. The van der Waals surface area contributed by atoms with E-state index in [0.717, 1.165) is 9.03 Å². The van der Waals surface area contributed by atoms with Crippen molar-refractivity contribution in [2.75, 3.05) is 5.73 Å². The number of pyridine rings is 1. The SMILES string of the molecule is N#Cc1c(N)nc2c(c1-c1ccccc1Cl)c(=O)n1c(=O)c3ccccc3c(=O)n21. The predicted molar refractivity (Wildman–Crippen MR) is 113 cm³/mol. The van der Waals surface area contributed by atoms with Gasteiger partial charge in [-0.05, 0) is 18.2 Å². The summed E-state index contributed by atoms with van der Waals surface area (Å²) in [7, 11) is 0. The molecule has 2 aromatic carbocycles. The molecule has 30 heavy (non-hydrogen) atoms. The highest BCUT2D eigenvalue weighted by Gasteiger charge is 2.25. The molecule has 5 rings (SSSR count). The third-order valence-corrected chi connectivity index (χ3v) is 5.37. The van der Waals surface area contributed by atoms with Crippen molar-refractivity contribution in [2.24, 2.45) is 0 Å². The van der Waals surface area contributed by atoms with E-state index < -0.39 is 16.7 Å². The van der Waals surface area contributed by atoms with Crippen LogP contribution in [0.1, 0.15) is 5.56 Å². The second-order valence-electron chi connectivity index (χ2n) is 6.62. The second kappa shape index (κ2) is 6.14. The minimum atomic E-state index is -0.781. The molecule has 0 radical (unpaired) electrons. The molecule has 8 nitrogen and oxygen atoms in total. The molecule has 2 N–H and O–H groups in total. The Bertz CT molecular complexity index is 1750. The highest BCUT2D eigenvalue weighted by Crippen LogP contribution is 2.36. The quantitative estimate of drug-likeness (QED) is 0.447. The van der Waals surface area contributed by atoms with Crippen LogP contribution in [0.15, 0.2) is 62.9 Å². The molecule has 0 aliphatic carbocycles. The Morgan fingerprint density at radius 3 is 2.13 bits per heavy atom. The molecule has 0 aliphatic heterocycles.